The first-order valence-electron chi connectivity index (χ1n) is 2.50. The largest absolute Gasteiger partial charge is 0.298 e. The normalized spacial score (nSPS) is 9.40. The summed E-state index contributed by atoms with van der Waals surface area (Å²) in [7, 11) is 0. The van der Waals surface area contributed by atoms with Crippen molar-refractivity contribution in [2.75, 3.05) is 0 Å². The number of halogens is 2. The molecule has 4 heteroatoms. The molecule has 0 atom stereocenters. The van der Waals surface area contributed by atoms with Crippen LogP contribution in [0.1, 0.15) is 10.4 Å². The molecule has 0 unspecified atom stereocenters. The lowest BCUT2D eigenvalue weighted by molar-refractivity contribution is 0.111. The Morgan fingerprint density at radius 2 is 2.40 bits per heavy atom. The van der Waals surface area contributed by atoms with Crippen LogP contribution in [-0.4, -0.2) is 11.3 Å². The molecule has 0 saturated heterocycles. The Hall–Kier alpha value is -0.770. The molecular formula is C6H3BrFNO. The minimum absolute atomic E-state index is 0.0156. The van der Waals surface area contributed by atoms with Gasteiger partial charge in [-0.2, -0.15) is 0 Å². The Bertz CT molecular complexity index is 264. The monoisotopic (exact) mass is 203 g/mol. The first-order chi connectivity index (χ1) is 4.74. The lowest BCUT2D eigenvalue weighted by Gasteiger charge is -1.92. The van der Waals surface area contributed by atoms with Crippen molar-refractivity contribution in [1.29, 1.82) is 0 Å². The average molecular weight is 204 g/mol. The van der Waals surface area contributed by atoms with E-state index in [1.807, 2.05) is 0 Å². The van der Waals surface area contributed by atoms with Crippen molar-refractivity contribution in [1.82, 2.24) is 4.98 Å². The Labute approximate surface area is 65.2 Å². The maximum atomic E-state index is 12.5. The van der Waals surface area contributed by atoms with Gasteiger partial charge in [0, 0.05) is 0 Å². The molecule has 1 heterocycles. The number of carbonyl (C=O) groups is 1. The second-order valence-electron chi connectivity index (χ2n) is 1.65. The number of aromatic nitrogens is 1. The molecule has 2 nitrogen and oxygen atoms in total. The zero-order valence-electron chi connectivity index (χ0n) is 4.84. The summed E-state index contributed by atoms with van der Waals surface area (Å²) >= 11 is 3.00. The summed E-state index contributed by atoms with van der Waals surface area (Å²) in [6.07, 6.45) is 1.44. The predicted octanol–water partition coefficient (Wildman–Crippen LogP) is 1.80. The number of rotatable bonds is 1. The van der Waals surface area contributed by atoms with E-state index in [9.17, 15) is 9.18 Å². The van der Waals surface area contributed by atoms with E-state index in [0.717, 1.165) is 6.20 Å². The van der Waals surface area contributed by atoms with Crippen molar-refractivity contribution >= 4 is 22.2 Å². The van der Waals surface area contributed by atoms with Crippen molar-refractivity contribution in [3.05, 3.63) is 28.2 Å². The summed E-state index contributed by atoms with van der Waals surface area (Å²) in [6, 6.07) is 1.32. The molecule has 0 fully saturated rings. The fraction of sp³-hybridized carbons (Fsp3) is 0. The maximum absolute atomic E-state index is 12.5. The van der Waals surface area contributed by atoms with Gasteiger partial charge in [0.15, 0.2) is 12.1 Å². The summed E-state index contributed by atoms with van der Waals surface area (Å²) in [5.41, 5.74) is 0.0156. The van der Waals surface area contributed by atoms with Crippen LogP contribution in [-0.2, 0) is 0 Å². The van der Waals surface area contributed by atoms with Crippen LogP contribution in [0, 0.1) is 5.82 Å². The second-order valence-corrected chi connectivity index (χ2v) is 2.46. The van der Waals surface area contributed by atoms with Gasteiger partial charge in [0.1, 0.15) is 4.60 Å². The first kappa shape index (κ1) is 7.34. The number of hydrogen-bond donors (Lipinski definition) is 0. The standard InChI is InChI=1S/C6H3BrFNO/c7-6-1-4(3-10)5(8)2-9-6/h1-3H. The highest BCUT2D eigenvalue weighted by atomic mass is 79.9. The Morgan fingerprint density at radius 1 is 1.70 bits per heavy atom. The summed E-state index contributed by atoms with van der Waals surface area (Å²) in [5, 5.41) is 0. The van der Waals surface area contributed by atoms with Crippen molar-refractivity contribution in [2.45, 2.75) is 0 Å². The minimum Gasteiger partial charge on any atom is -0.298 e. The molecule has 0 N–H and O–H groups in total. The zero-order chi connectivity index (χ0) is 7.56. The van der Waals surface area contributed by atoms with E-state index in [-0.39, 0.29) is 5.56 Å². The van der Waals surface area contributed by atoms with Gasteiger partial charge in [-0.25, -0.2) is 9.37 Å². The fourth-order valence-electron chi connectivity index (χ4n) is 0.518. The highest BCUT2D eigenvalue weighted by Gasteiger charge is 2.00. The van der Waals surface area contributed by atoms with Crippen LogP contribution in [0.25, 0.3) is 0 Å². The molecule has 0 saturated carbocycles. The Morgan fingerprint density at radius 3 is 2.90 bits per heavy atom. The predicted molar refractivity (Wildman–Crippen MR) is 37.3 cm³/mol. The third-order valence-corrected chi connectivity index (χ3v) is 1.41. The molecule has 0 spiro atoms. The smallest absolute Gasteiger partial charge is 0.153 e. The van der Waals surface area contributed by atoms with Gasteiger partial charge in [0.05, 0.1) is 11.8 Å². The number of nitrogens with zero attached hydrogens (tertiary/aromatic N) is 1. The van der Waals surface area contributed by atoms with Crippen LogP contribution in [0.15, 0.2) is 16.9 Å². The van der Waals surface area contributed by atoms with Crippen LogP contribution in [0.2, 0.25) is 0 Å². The molecule has 1 rings (SSSR count). The number of carbonyl (C=O) groups excluding carboxylic acids is 1. The zero-order valence-corrected chi connectivity index (χ0v) is 6.43. The molecule has 0 aliphatic heterocycles. The van der Waals surface area contributed by atoms with Gasteiger partial charge in [-0.3, -0.25) is 4.79 Å². The number of hydrogen-bond acceptors (Lipinski definition) is 2. The van der Waals surface area contributed by atoms with E-state index in [2.05, 4.69) is 20.9 Å². The number of pyridine rings is 1. The first-order valence-corrected chi connectivity index (χ1v) is 3.29. The third-order valence-electron chi connectivity index (χ3n) is 0.979. The molecular weight excluding hydrogens is 201 g/mol. The van der Waals surface area contributed by atoms with Crippen LogP contribution in [0.3, 0.4) is 0 Å². The van der Waals surface area contributed by atoms with Crippen LogP contribution in [0.4, 0.5) is 4.39 Å². The maximum Gasteiger partial charge on any atom is 0.153 e. The second kappa shape index (κ2) is 2.88. The molecule has 0 bridgehead atoms. The van der Waals surface area contributed by atoms with E-state index in [1.54, 1.807) is 0 Å². The van der Waals surface area contributed by atoms with Crippen LogP contribution < -0.4 is 0 Å². The van der Waals surface area contributed by atoms with Crippen LogP contribution in [0.5, 0.6) is 0 Å². The molecule has 0 radical (unpaired) electrons. The fourth-order valence-corrected chi connectivity index (χ4v) is 0.867. The molecule has 0 aromatic carbocycles. The summed E-state index contributed by atoms with van der Waals surface area (Å²) < 4.78 is 12.9. The van der Waals surface area contributed by atoms with Crippen molar-refractivity contribution in [2.24, 2.45) is 0 Å². The van der Waals surface area contributed by atoms with E-state index in [1.165, 1.54) is 6.07 Å². The highest BCUT2D eigenvalue weighted by molar-refractivity contribution is 9.10. The van der Waals surface area contributed by atoms with Gasteiger partial charge in [0.25, 0.3) is 0 Å². The van der Waals surface area contributed by atoms with Crippen molar-refractivity contribution in [3.63, 3.8) is 0 Å². The molecule has 0 aliphatic rings. The molecule has 52 valence electrons. The van der Waals surface area contributed by atoms with E-state index >= 15 is 0 Å². The molecule has 10 heavy (non-hydrogen) atoms. The van der Waals surface area contributed by atoms with Gasteiger partial charge < -0.3 is 0 Å². The van der Waals surface area contributed by atoms with Crippen molar-refractivity contribution < 1.29 is 9.18 Å². The lowest BCUT2D eigenvalue weighted by Crippen LogP contribution is -1.88. The van der Waals surface area contributed by atoms with E-state index < -0.39 is 5.82 Å². The molecule has 0 amide bonds. The molecule has 1 aromatic rings. The van der Waals surface area contributed by atoms with E-state index in [0.29, 0.717) is 10.9 Å². The average Bonchev–Trinajstić information content (AvgIpc) is 1.94. The Kier molecular flexibility index (Phi) is 2.11. The van der Waals surface area contributed by atoms with Gasteiger partial charge in [0.2, 0.25) is 0 Å². The highest BCUT2D eigenvalue weighted by Crippen LogP contribution is 2.09. The lowest BCUT2D eigenvalue weighted by atomic mass is 10.3. The summed E-state index contributed by atoms with van der Waals surface area (Å²) in [6.45, 7) is 0. The van der Waals surface area contributed by atoms with Gasteiger partial charge in [-0.05, 0) is 22.0 Å². The van der Waals surface area contributed by atoms with Gasteiger partial charge in [-0.15, -0.1) is 0 Å². The number of aldehydes is 1. The SMILES string of the molecule is O=Cc1cc(Br)ncc1F. The molecule has 1 aromatic heterocycles. The van der Waals surface area contributed by atoms with Gasteiger partial charge >= 0.3 is 0 Å². The van der Waals surface area contributed by atoms with Crippen molar-refractivity contribution in [3.8, 4) is 0 Å². The molecule has 0 aliphatic carbocycles. The third kappa shape index (κ3) is 1.39. The van der Waals surface area contributed by atoms with E-state index in [4.69, 9.17) is 0 Å². The topological polar surface area (TPSA) is 30.0 Å². The minimum atomic E-state index is -0.599. The van der Waals surface area contributed by atoms with Crippen LogP contribution >= 0.6 is 15.9 Å². The summed E-state index contributed by atoms with van der Waals surface area (Å²) in [5.74, 6) is -0.599. The Balaban J connectivity index is 3.21. The van der Waals surface area contributed by atoms with Gasteiger partial charge in [-0.1, -0.05) is 0 Å². The quantitative estimate of drug-likeness (QED) is 0.515. The summed E-state index contributed by atoms with van der Waals surface area (Å²) in [4.78, 5) is 13.7.